The fourth-order valence-electron chi connectivity index (χ4n) is 3.15. The molecule has 1 fully saturated rings. The van der Waals surface area contributed by atoms with Gasteiger partial charge in [0.1, 0.15) is 0 Å². The lowest BCUT2D eigenvalue weighted by Crippen LogP contribution is -2.52. The quantitative estimate of drug-likeness (QED) is 0.840. The van der Waals surface area contributed by atoms with Gasteiger partial charge in [-0.05, 0) is 24.9 Å². The van der Waals surface area contributed by atoms with Crippen molar-refractivity contribution in [3.05, 3.63) is 35.9 Å². The minimum Gasteiger partial charge on any atom is -0.311 e. The predicted molar refractivity (Wildman–Crippen MR) is 91.0 cm³/mol. The lowest BCUT2D eigenvalue weighted by Gasteiger charge is -2.41. The van der Waals surface area contributed by atoms with Gasteiger partial charge in [0.2, 0.25) is 0 Å². The summed E-state index contributed by atoms with van der Waals surface area (Å²) in [5.74, 6) is 0.809. The van der Waals surface area contributed by atoms with E-state index in [2.05, 4.69) is 47.5 Å². The zero-order valence-corrected chi connectivity index (χ0v) is 14.1. The van der Waals surface area contributed by atoms with E-state index in [4.69, 9.17) is 0 Å². The van der Waals surface area contributed by atoms with Gasteiger partial charge >= 0.3 is 0 Å². The molecule has 4 heteroatoms. The Labute approximate surface area is 131 Å². The van der Waals surface area contributed by atoms with Gasteiger partial charge in [-0.15, -0.1) is 0 Å². The number of nitrogens with zero attached hydrogens (tertiary/aromatic N) is 1. The predicted octanol–water partition coefficient (Wildman–Crippen LogP) is 2.57. The first kappa shape index (κ1) is 16.7. The van der Waals surface area contributed by atoms with Crippen LogP contribution in [0.25, 0.3) is 0 Å². The number of piperazine rings is 1. The second-order valence-electron chi connectivity index (χ2n) is 5.95. The lowest BCUT2D eigenvalue weighted by atomic mass is 9.99. The summed E-state index contributed by atoms with van der Waals surface area (Å²) in [5.41, 5.74) is 1.39. The first-order valence-electron chi connectivity index (χ1n) is 8.03. The van der Waals surface area contributed by atoms with E-state index in [1.165, 1.54) is 18.4 Å². The van der Waals surface area contributed by atoms with Crippen molar-refractivity contribution in [3.63, 3.8) is 0 Å². The first-order valence-corrected chi connectivity index (χ1v) is 9.75. The van der Waals surface area contributed by atoms with Gasteiger partial charge in [-0.3, -0.25) is 9.11 Å². The van der Waals surface area contributed by atoms with Crippen LogP contribution in [-0.2, 0) is 10.8 Å². The summed E-state index contributed by atoms with van der Waals surface area (Å²) in [6.45, 7) is 5.41. The standard InChI is InChI=1S/C17H28N2OS/c1-3-8-16-14-19(11-7-12-21(2)20)17(13-18-16)15-9-5-4-6-10-15/h4-6,9-10,16-18H,3,7-8,11-14H2,1-2H3. The highest BCUT2D eigenvalue weighted by Gasteiger charge is 2.27. The third-order valence-corrected chi connectivity index (χ3v) is 5.06. The van der Waals surface area contributed by atoms with E-state index in [-0.39, 0.29) is 0 Å². The molecule has 0 bridgehead atoms. The molecule has 0 saturated carbocycles. The Morgan fingerprint density at radius 3 is 2.76 bits per heavy atom. The van der Waals surface area contributed by atoms with Crippen molar-refractivity contribution in [2.24, 2.45) is 0 Å². The molecule has 118 valence electrons. The molecular weight excluding hydrogens is 280 g/mol. The number of rotatable bonds is 7. The van der Waals surface area contributed by atoms with E-state index in [1.54, 1.807) is 6.26 Å². The molecule has 3 nitrogen and oxygen atoms in total. The van der Waals surface area contributed by atoms with Crippen LogP contribution < -0.4 is 5.32 Å². The zero-order valence-electron chi connectivity index (χ0n) is 13.3. The van der Waals surface area contributed by atoms with Crippen molar-refractivity contribution >= 4 is 10.8 Å². The Morgan fingerprint density at radius 1 is 1.33 bits per heavy atom. The Balaban J connectivity index is 2.01. The van der Waals surface area contributed by atoms with Crippen molar-refractivity contribution in [3.8, 4) is 0 Å². The maximum absolute atomic E-state index is 11.3. The Kier molecular flexibility index (Phi) is 6.87. The van der Waals surface area contributed by atoms with Crippen molar-refractivity contribution < 1.29 is 4.21 Å². The summed E-state index contributed by atoms with van der Waals surface area (Å²) in [6, 6.07) is 11.8. The monoisotopic (exact) mass is 308 g/mol. The molecule has 0 aromatic heterocycles. The smallest absolute Gasteiger partial charge is 0.0473 e. The highest BCUT2D eigenvalue weighted by molar-refractivity contribution is 7.84. The molecule has 1 aliphatic heterocycles. The molecule has 3 unspecified atom stereocenters. The van der Waals surface area contributed by atoms with Crippen molar-refractivity contribution in [1.29, 1.82) is 0 Å². The summed E-state index contributed by atoms with van der Waals surface area (Å²) in [4.78, 5) is 2.58. The van der Waals surface area contributed by atoms with Crippen LogP contribution in [0.1, 0.15) is 37.8 Å². The molecule has 1 saturated heterocycles. The summed E-state index contributed by atoms with van der Waals surface area (Å²) in [6.07, 6.45) is 5.27. The van der Waals surface area contributed by atoms with Crippen LogP contribution in [0.4, 0.5) is 0 Å². The molecule has 1 aliphatic rings. The maximum Gasteiger partial charge on any atom is 0.0473 e. The number of hydrogen-bond donors (Lipinski definition) is 1. The molecule has 2 rings (SSSR count). The first-order chi connectivity index (χ1) is 10.2. The average molecular weight is 308 g/mol. The lowest BCUT2D eigenvalue weighted by molar-refractivity contribution is 0.127. The largest absolute Gasteiger partial charge is 0.311 e. The number of nitrogens with one attached hydrogen (secondary N) is 1. The van der Waals surface area contributed by atoms with Gasteiger partial charge in [-0.2, -0.15) is 0 Å². The van der Waals surface area contributed by atoms with Crippen LogP contribution in [0.2, 0.25) is 0 Å². The van der Waals surface area contributed by atoms with E-state index in [1.807, 2.05) is 0 Å². The van der Waals surface area contributed by atoms with Gasteiger partial charge in [0.15, 0.2) is 0 Å². The van der Waals surface area contributed by atoms with Crippen LogP contribution in [0, 0.1) is 0 Å². The minimum absolute atomic E-state index is 0.449. The molecule has 0 radical (unpaired) electrons. The van der Waals surface area contributed by atoms with Crippen LogP contribution >= 0.6 is 0 Å². The van der Waals surface area contributed by atoms with Gasteiger partial charge in [0.25, 0.3) is 0 Å². The molecule has 1 heterocycles. The van der Waals surface area contributed by atoms with Gasteiger partial charge < -0.3 is 5.32 Å². The third kappa shape index (κ3) is 5.20. The normalized spacial score (nSPS) is 24.9. The highest BCUT2D eigenvalue weighted by Crippen LogP contribution is 2.24. The van der Waals surface area contributed by atoms with E-state index in [0.717, 1.165) is 31.8 Å². The van der Waals surface area contributed by atoms with Gasteiger partial charge in [0.05, 0.1) is 0 Å². The van der Waals surface area contributed by atoms with Gasteiger partial charge in [-0.25, -0.2) is 0 Å². The molecule has 0 amide bonds. The fourth-order valence-corrected chi connectivity index (χ4v) is 3.68. The highest BCUT2D eigenvalue weighted by atomic mass is 32.2. The van der Waals surface area contributed by atoms with Gasteiger partial charge in [0, 0.05) is 48.0 Å². The Bertz CT molecular complexity index is 438. The summed E-state index contributed by atoms with van der Waals surface area (Å²) in [7, 11) is -0.680. The Morgan fingerprint density at radius 2 is 2.10 bits per heavy atom. The Hall–Kier alpha value is -0.710. The van der Waals surface area contributed by atoms with E-state index in [9.17, 15) is 4.21 Å². The van der Waals surface area contributed by atoms with Gasteiger partial charge in [-0.1, -0.05) is 43.7 Å². The second-order valence-corrected chi connectivity index (χ2v) is 7.50. The summed E-state index contributed by atoms with van der Waals surface area (Å²) >= 11 is 0. The van der Waals surface area contributed by atoms with E-state index in [0.29, 0.717) is 12.1 Å². The summed E-state index contributed by atoms with van der Waals surface area (Å²) in [5, 5.41) is 3.70. The molecule has 1 aromatic carbocycles. The number of hydrogen-bond acceptors (Lipinski definition) is 3. The van der Waals surface area contributed by atoms with Crippen LogP contribution in [-0.4, -0.2) is 46.8 Å². The molecule has 0 spiro atoms. The van der Waals surface area contributed by atoms with Crippen molar-refractivity contribution in [1.82, 2.24) is 10.2 Å². The summed E-state index contributed by atoms with van der Waals surface area (Å²) < 4.78 is 11.3. The van der Waals surface area contributed by atoms with Crippen molar-refractivity contribution in [2.45, 2.75) is 38.3 Å². The fraction of sp³-hybridized carbons (Fsp3) is 0.647. The molecule has 0 aliphatic carbocycles. The SMILES string of the molecule is CCCC1CN(CCCS(C)=O)C(c2ccccc2)CN1. The number of benzene rings is 1. The second kappa shape index (κ2) is 8.66. The maximum atomic E-state index is 11.3. The zero-order chi connectivity index (χ0) is 15.1. The molecule has 3 atom stereocenters. The van der Waals surface area contributed by atoms with Crippen LogP contribution in [0.3, 0.4) is 0 Å². The molecular formula is C17H28N2OS. The van der Waals surface area contributed by atoms with Crippen LogP contribution in [0.5, 0.6) is 0 Å². The minimum atomic E-state index is -0.680. The molecule has 21 heavy (non-hydrogen) atoms. The molecule has 1 aromatic rings. The van der Waals surface area contributed by atoms with Crippen LogP contribution in [0.15, 0.2) is 30.3 Å². The topological polar surface area (TPSA) is 32.3 Å². The average Bonchev–Trinajstić information content (AvgIpc) is 2.48. The van der Waals surface area contributed by atoms with E-state index >= 15 is 0 Å². The molecule has 1 N–H and O–H groups in total. The van der Waals surface area contributed by atoms with E-state index < -0.39 is 10.8 Å². The third-order valence-electron chi connectivity index (χ3n) is 4.19. The van der Waals surface area contributed by atoms with Crippen molar-refractivity contribution in [2.75, 3.05) is 31.6 Å².